The minimum Gasteiger partial charge on any atom is -0.444 e. The largest absolute Gasteiger partial charge is 0.444 e. The molecule has 6 heterocycles. The van der Waals surface area contributed by atoms with Crippen molar-refractivity contribution in [3.8, 4) is 33.4 Å². The van der Waals surface area contributed by atoms with Gasteiger partial charge in [0.1, 0.15) is 86.8 Å². The van der Waals surface area contributed by atoms with Gasteiger partial charge in [0.05, 0.1) is 24.4 Å². The zero-order valence-electron chi connectivity index (χ0n) is 62.2. The van der Waals surface area contributed by atoms with Crippen molar-refractivity contribution in [3.05, 3.63) is 161 Å². The van der Waals surface area contributed by atoms with Crippen molar-refractivity contribution in [2.75, 3.05) is 76.4 Å². The van der Waals surface area contributed by atoms with Gasteiger partial charge < -0.3 is 45.1 Å². The molecule has 6 aromatic heterocycles. The first-order valence-corrected chi connectivity index (χ1v) is 34.9. The quantitative estimate of drug-likeness (QED) is 0.0206. The van der Waals surface area contributed by atoms with Crippen LogP contribution in [0.1, 0.15) is 130 Å². The van der Waals surface area contributed by atoms with Crippen LogP contribution in [0.4, 0.5) is 58.2 Å². The van der Waals surface area contributed by atoms with Gasteiger partial charge in [0.25, 0.3) is 0 Å². The zero-order valence-corrected chi connectivity index (χ0v) is 62.2. The number of nitrogens with zero attached hydrogens (tertiary/aromatic N) is 8. The molecule has 28 heteroatoms. The molecule has 0 aliphatic heterocycles. The minimum absolute atomic E-state index is 0.00599. The smallest absolute Gasteiger partial charge is 0.413 e. The van der Waals surface area contributed by atoms with E-state index in [0.29, 0.717) is 106 Å². The number of ether oxygens (including phenoxy) is 3. The lowest BCUT2D eigenvalue weighted by Gasteiger charge is -2.24. The highest BCUT2D eigenvalue weighted by atomic mass is 19.2. The van der Waals surface area contributed by atoms with E-state index in [-0.39, 0.29) is 72.1 Å². The molecule has 5 N–H and O–H groups in total. The number of halogens is 6. The number of aromatic nitrogens is 6. The maximum atomic E-state index is 14.1. The summed E-state index contributed by atoms with van der Waals surface area (Å²) in [5, 5.41) is 20.4. The van der Waals surface area contributed by atoms with E-state index in [2.05, 4.69) is 36.2 Å². The predicted octanol–water partition coefficient (Wildman–Crippen LogP) is 15.1. The molecule has 0 unspecified atom stereocenters. The van der Waals surface area contributed by atoms with Crippen LogP contribution in [-0.4, -0.2) is 174 Å². The molecule has 9 aromatic rings. The first-order chi connectivity index (χ1) is 49.9. The number of hydrogen-bond acceptors (Lipinski definition) is 16. The zero-order chi connectivity index (χ0) is 77.6. The summed E-state index contributed by atoms with van der Waals surface area (Å²) in [5.41, 5.74) is 6.08. The van der Waals surface area contributed by atoms with Crippen LogP contribution in [0, 0.1) is 56.0 Å². The summed E-state index contributed by atoms with van der Waals surface area (Å²) in [6.45, 7) is 23.2. The second kappa shape index (κ2) is 33.0. The van der Waals surface area contributed by atoms with Crippen LogP contribution in [0.2, 0.25) is 0 Å². The third kappa shape index (κ3) is 19.8. The highest BCUT2D eigenvalue weighted by molar-refractivity contribution is 6.06. The molecule has 3 aliphatic rings. The third-order valence-electron chi connectivity index (χ3n) is 17.3. The van der Waals surface area contributed by atoms with Crippen LogP contribution >= 0.6 is 0 Å². The molecule has 106 heavy (non-hydrogen) atoms. The number of alkyl halides is 3. The molecule has 566 valence electrons. The fourth-order valence-electron chi connectivity index (χ4n) is 11.3. The summed E-state index contributed by atoms with van der Waals surface area (Å²) in [4.78, 5) is 90.9. The lowest BCUT2D eigenvalue weighted by atomic mass is 10.0. The van der Waals surface area contributed by atoms with Crippen LogP contribution < -0.4 is 21.3 Å². The molecular formula is C78H92F6N12O10. The maximum absolute atomic E-state index is 14.1. The number of carbonyl (C=O) groups excluding carboxylic acids is 6. The Bertz CT molecular complexity index is 4750. The number of fused-ring (bicyclic) bond motifs is 3. The Balaban J connectivity index is 0.000000171. The predicted molar refractivity (Wildman–Crippen MR) is 394 cm³/mol. The van der Waals surface area contributed by atoms with E-state index in [4.69, 9.17) is 19.3 Å². The normalized spacial score (nSPS) is 17.2. The van der Waals surface area contributed by atoms with E-state index < -0.39 is 77.1 Å². The highest BCUT2D eigenvalue weighted by Crippen LogP contribution is 2.42. The van der Waals surface area contributed by atoms with Crippen LogP contribution in [0.15, 0.2) is 110 Å². The Hall–Kier alpha value is -10.3. The van der Waals surface area contributed by atoms with E-state index in [1.807, 2.05) is 31.3 Å². The van der Waals surface area contributed by atoms with Crippen molar-refractivity contribution in [2.45, 2.75) is 138 Å². The monoisotopic (exact) mass is 1470 g/mol. The number of likely N-dealkylation sites (N-methyl/N-ethyl adjacent to an activating group) is 3. The van der Waals surface area contributed by atoms with E-state index in [9.17, 15) is 55.1 Å². The van der Waals surface area contributed by atoms with Gasteiger partial charge in [-0.15, -0.1) is 0 Å². The lowest BCUT2D eigenvalue weighted by molar-refractivity contribution is 0.0269. The molecule has 3 aliphatic carbocycles. The van der Waals surface area contributed by atoms with E-state index >= 15 is 0 Å². The topological polar surface area (TPSA) is 257 Å². The van der Waals surface area contributed by atoms with Crippen LogP contribution in [0.25, 0.3) is 50.3 Å². The molecule has 3 amide bonds. The molecule has 0 radical (unpaired) electrons. The molecule has 6 atom stereocenters. The molecule has 0 spiro atoms. The highest BCUT2D eigenvalue weighted by Gasteiger charge is 2.48. The molecule has 3 fully saturated rings. The van der Waals surface area contributed by atoms with Crippen LogP contribution in [0.3, 0.4) is 0 Å². The van der Waals surface area contributed by atoms with Gasteiger partial charge in [-0.2, -0.15) is 0 Å². The standard InChI is InChI=1S/C26H30F2N4O3.C23H23F2N3O3.C21H22F2N4O.C8H17NO3/c1-15-17(7-6-8-19(15)27)16-9-10-21-30-24(22(32(21)14-16)23(33)18-13-20(18)28)29-11-12-31(5)25(34)35-26(2,3)4;1-12-14(6-5-7-16(12)24)13-8-9-18-26-21(27-22(30)31-23(2,3)4)19(28(18)11-13)20(29)15-10-17(15)25;1-12-14(4-3-5-16(12)22)13-6-7-18-26-21(25-9-8-24-2)19(27(18)11-13)20(28)15-10-17(15)23;1-8(2,3)12-7(11)9(4)5-6-10/h6-10,14,18,20,29H,11-13H2,1-5H3;5-9,11,15,17H,10H2,1-4H3,(H,27,30);3-7,11,15,17,24-25H,8-10H2,1-2H3;10H,5-6H2,1-4H3/t18-,20+;2*15-,17+;/m111./s1. The number of aliphatic hydroxyl groups is 1. The molecule has 12 rings (SSSR count). The molecule has 0 saturated heterocycles. The number of benzene rings is 3. The number of carbonyl (C=O) groups is 6. The number of aliphatic hydroxyl groups excluding tert-OH is 1. The third-order valence-corrected chi connectivity index (χ3v) is 17.3. The van der Waals surface area contributed by atoms with Gasteiger partial charge >= 0.3 is 18.3 Å². The van der Waals surface area contributed by atoms with Crippen molar-refractivity contribution in [1.82, 2.24) is 43.3 Å². The number of amides is 3. The van der Waals surface area contributed by atoms with Crippen molar-refractivity contribution in [2.24, 2.45) is 17.8 Å². The number of nitrogens with one attached hydrogen (secondary N) is 4. The minimum atomic E-state index is -1.21. The number of rotatable bonds is 20. The van der Waals surface area contributed by atoms with Crippen molar-refractivity contribution in [1.29, 1.82) is 0 Å². The van der Waals surface area contributed by atoms with Crippen LogP contribution in [-0.2, 0) is 14.2 Å². The van der Waals surface area contributed by atoms with Gasteiger partial charge in [-0.25, -0.2) is 55.7 Å². The first kappa shape index (κ1) is 79.8. The number of hydrogen-bond donors (Lipinski definition) is 5. The van der Waals surface area contributed by atoms with E-state index in [1.54, 1.807) is 173 Å². The summed E-state index contributed by atoms with van der Waals surface area (Å²) >= 11 is 0. The van der Waals surface area contributed by atoms with E-state index in [1.165, 1.54) is 32.4 Å². The van der Waals surface area contributed by atoms with Crippen LogP contribution in [0.5, 0.6) is 0 Å². The number of imidazole rings is 3. The molecular weight excluding hydrogens is 1380 g/mol. The second-order valence-corrected chi connectivity index (χ2v) is 29.4. The van der Waals surface area contributed by atoms with Crippen molar-refractivity contribution < 1.29 is 74.4 Å². The molecule has 0 bridgehead atoms. The Morgan fingerprint density at radius 3 is 1.12 bits per heavy atom. The molecule has 3 saturated carbocycles. The van der Waals surface area contributed by atoms with Gasteiger partial charge in [0.2, 0.25) is 0 Å². The van der Waals surface area contributed by atoms with Crippen molar-refractivity contribution in [3.63, 3.8) is 0 Å². The average Bonchev–Trinajstić information content (AvgIpc) is 1.61. The lowest BCUT2D eigenvalue weighted by Crippen LogP contribution is -2.36. The summed E-state index contributed by atoms with van der Waals surface area (Å²) in [6.07, 6.45) is 0.648. The summed E-state index contributed by atoms with van der Waals surface area (Å²) in [7, 11) is 5.05. The maximum Gasteiger partial charge on any atom is 0.413 e. The van der Waals surface area contributed by atoms with Gasteiger partial charge in [0.15, 0.2) is 34.8 Å². The Morgan fingerprint density at radius 2 is 0.802 bits per heavy atom. The van der Waals surface area contributed by atoms with Gasteiger partial charge in [-0.1, -0.05) is 36.4 Å². The van der Waals surface area contributed by atoms with Gasteiger partial charge in [-0.05, 0) is 214 Å². The number of Topliss-reactive ketones (excluding diaryl/α,β-unsaturated/α-hetero) is 3. The van der Waals surface area contributed by atoms with Gasteiger partial charge in [0, 0.05) is 65.4 Å². The molecule has 3 aromatic carbocycles. The second-order valence-electron chi connectivity index (χ2n) is 29.4. The van der Waals surface area contributed by atoms with E-state index in [0.717, 1.165) is 11.1 Å². The average molecular weight is 1470 g/mol. The Labute approximate surface area is 611 Å². The Kier molecular flexibility index (Phi) is 24.8. The van der Waals surface area contributed by atoms with Gasteiger partial charge in [-0.3, -0.25) is 32.9 Å². The SMILES string of the molecule is CN(CCO)C(=O)OC(C)(C)C.CNCCNc1nc2ccc(-c3cccc(F)c3C)cn2c1C(=O)[C@@H]1C[C@@H]1F.Cc1c(F)cccc1-c1ccc2nc(NC(=O)OC(C)(C)C)c(C(=O)[C@@H]3C[C@@H]3F)n2c1.Cc1c(F)cccc1-c1ccc2nc(NCCN(C)C(=O)OC(C)(C)C)c(C(=O)[C@@H]3C[C@@H]3F)n2c1. The first-order valence-electron chi connectivity index (χ1n) is 34.9. The summed E-state index contributed by atoms with van der Waals surface area (Å²) in [6, 6.07) is 25.1. The molecule has 22 nitrogen and oxygen atoms in total. The number of pyridine rings is 3. The fourth-order valence-corrected chi connectivity index (χ4v) is 11.3. The Morgan fingerprint density at radius 1 is 0.481 bits per heavy atom. The van der Waals surface area contributed by atoms with Crippen molar-refractivity contribution >= 4 is 70.0 Å². The summed E-state index contributed by atoms with van der Waals surface area (Å²) in [5.74, 6) is -3.27. The number of anilines is 3. The summed E-state index contributed by atoms with van der Waals surface area (Å²) < 4.78 is 104. The number of ketones is 3. The fraction of sp³-hybridized carbons (Fsp3) is 0.423.